The third-order valence-corrected chi connectivity index (χ3v) is 3.07. The van der Waals surface area contributed by atoms with Crippen molar-refractivity contribution in [3.05, 3.63) is 29.6 Å². The van der Waals surface area contributed by atoms with Crippen LogP contribution in [0.25, 0.3) is 0 Å². The molecular formula is C15H19N3O2. The molecule has 1 saturated heterocycles. The lowest BCUT2D eigenvalue weighted by Gasteiger charge is -2.39. The number of likely N-dealkylation sites (tertiary alicyclic amines) is 1. The van der Waals surface area contributed by atoms with E-state index in [4.69, 9.17) is 10.00 Å². The molecule has 0 spiro atoms. The van der Waals surface area contributed by atoms with Crippen molar-refractivity contribution in [3.63, 3.8) is 0 Å². The van der Waals surface area contributed by atoms with Gasteiger partial charge >= 0.3 is 6.09 Å². The number of ether oxygens (including phenoxy) is 1. The Morgan fingerprint density at radius 3 is 2.85 bits per heavy atom. The molecular weight excluding hydrogens is 254 g/mol. The van der Waals surface area contributed by atoms with Crippen LogP contribution in [0.3, 0.4) is 0 Å². The van der Waals surface area contributed by atoms with Gasteiger partial charge in [-0.1, -0.05) is 0 Å². The molecule has 106 valence electrons. The number of hydrogen-bond donors (Lipinski definition) is 0. The van der Waals surface area contributed by atoms with Gasteiger partial charge in [-0.2, -0.15) is 5.26 Å². The molecule has 2 rings (SSSR count). The average Bonchev–Trinajstić information content (AvgIpc) is 2.31. The normalized spacial score (nSPS) is 15.4. The summed E-state index contributed by atoms with van der Waals surface area (Å²) in [4.78, 5) is 17.4. The molecule has 0 radical (unpaired) electrons. The molecule has 0 unspecified atom stereocenters. The van der Waals surface area contributed by atoms with Gasteiger partial charge in [0.1, 0.15) is 17.4 Å². The van der Waals surface area contributed by atoms with E-state index in [0.29, 0.717) is 24.7 Å². The number of hydrogen-bond acceptors (Lipinski definition) is 4. The highest BCUT2D eigenvalue weighted by molar-refractivity contribution is 5.69. The van der Waals surface area contributed by atoms with Crippen LogP contribution < -0.4 is 0 Å². The Kier molecular flexibility index (Phi) is 3.93. The molecule has 0 saturated carbocycles. The number of carbonyl (C=O) groups excluding carboxylic acids is 1. The van der Waals surface area contributed by atoms with Gasteiger partial charge in [0, 0.05) is 19.3 Å². The summed E-state index contributed by atoms with van der Waals surface area (Å²) in [6.45, 7) is 7.01. The first kappa shape index (κ1) is 14.3. The van der Waals surface area contributed by atoms with Crippen molar-refractivity contribution in [2.75, 3.05) is 13.1 Å². The first-order valence-corrected chi connectivity index (χ1v) is 6.70. The minimum atomic E-state index is -0.449. The molecule has 1 amide bonds. The molecule has 1 fully saturated rings. The number of aromatic nitrogens is 1. The van der Waals surface area contributed by atoms with Gasteiger partial charge in [0.2, 0.25) is 0 Å². The number of nitrogens with zero attached hydrogens (tertiary/aromatic N) is 3. The highest BCUT2D eigenvalue weighted by atomic mass is 16.6. The summed E-state index contributed by atoms with van der Waals surface area (Å²) in [5, 5.41) is 8.81. The third-order valence-electron chi connectivity index (χ3n) is 3.07. The van der Waals surface area contributed by atoms with Crippen molar-refractivity contribution >= 4 is 6.09 Å². The number of rotatable bonds is 2. The van der Waals surface area contributed by atoms with Crippen LogP contribution in [0.2, 0.25) is 0 Å². The smallest absolute Gasteiger partial charge is 0.410 e. The highest BCUT2D eigenvalue weighted by Gasteiger charge is 2.33. The molecule has 0 N–H and O–H groups in total. The molecule has 0 bridgehead atoms. The van der Waals surface area contributed by atoms with Gasteiger partial charge in [-0.3, -0.25) is 0 Å². The maximum atomic E-state index is 11.8. The zero-order valence-corrected chi connectivity index (χ0v) is 12.1. The second-order valence-electron chi connectivity index (χ2n) is 6.12. The van der Waals surface area contributed by atoms with Gasteiger partial charge in [0.25, 0.3) is 0 Å². The lowest BCUT2D eigenvalue weighted by molar-refractivity contribution is -0.000882. The molecule has 2 heterocycles. The summed E-state index contributed by atoms with van der Waals surface area (Å²) in [7, 11) is 0. The summed E-state index contributed by atoms with van der Waals surface area (Å²) in [5.41, 5.74) is 1.07. The second-order valence-corrected chi connectivity index (χ2v) is 6.12. The Bertz CT molecular complexity index is 537. The van der Waals surface area contributed by atoms with Crippen molar-refractivity contribution in [1.29, 1.82) is 5.26 Å². The van der Waals surface area contributed by atoms with E-state index in [1.807, 2.05) is 32.9 Å². The van der Waals surface area contributed by atoms with Gasteiger partial charge in [0.15, 0.2) is 0 Å². The Morgan fingerprint density at radius 1 is 1.55 bits per heavy atom. The monoisotopic (exact) mass is 273 g/mol. The number of nitriles is 1. The van der Waals surface area contributed by atoms with Crippen LogP contribution in [-0.4, -0.2) is 34.7 Å². The molecule has 0 aromatic carbocycles. The topological polar surface area (TPSA) is 66.2 Å². The summed E-state index contributed by atoms with van der Waals surface area (Å²) in [5.74, 6) is 0.427. The highest BCUT2D eigenvalue weighted by Crippen LogP contribution is 2.22. The van der Waals surface area contributed by atoms with Crippen LogP contribution in [0.1, 0.15) is 32.0 Å². The van der Waals surface area contributed by atoms with Crippen LogP contribution in [0.15, 0.2) is 18.3 Å². The second kappa shape index (κ2) is 5.49. The van der Waals surface area contributed by atoms with Gasteiger partial charge in [-0.15, -0.1) is 0 Å². The Balaban J connectivity index is 1.82. The van der Waals surface area contributed by atoms with E-state index in [1.165, 1.54) is 0 Å². The van der Waals surface area contributed by atoms with Crippen molar-refractivity contribution in [3.8, 4) is 6.07 Å². The Hall–Kier alpha value is -2.09. The number of pyridine rings is 1. The van der Waals surface area contributed by atoms with Gasteiger partial charge < -0.3 is 9.64 Å². The molecule has 20 heavy (non-hydrogen) atoms. The summed E-state index contributed by atoms with van der Waals surface area (Å²) in [6, 6.07) is 5.75. The van der Waals surface area contributed by atoms with Crippen molar-refractivity contribution in [2.24, 2.45) is 5.92 Å². The number of amides is 1. The quantitative estimate of drug-likeness (QED) is 0.829. The molecule has 5 nitrogen and oxygen atoms in total. The average molecular weight is 273 g/mol. The zero-order valence-electron chi connectivity index (χ0n) is 12.1. The number of carbonyl (C=O) groups is 1. The van der Waals surface area contributed by atoms with Crippen molar-refractivity contribution in [2.45, 2.75) is 32.8 Å². The lowest BCUT2D eigenvalue weighted by Crippen LogP contribution is -2.52. The molecule has 1 aromatic rings. The molecule has 1 aliphatic heterocycles. The van der Waals surface area contributed by atoms with Crippen molar-refractivity contribution in [1.82, 2.24) is 9.88 Å². The standard InChI is InChI=1S/C15H19N3O2/c1-15(2,3)20-14(19)18-9-12(10-18)6-11-4-5-17-13(7-11)8-16/h4-5,7,12H,6,9-10H2,1-3H3. The Morgan fingerprint density at radius 2 is 2.25 bits per heavy atom. The first-order chi connectivity index (χ1) is 9.37. The zero-order chi connectivity index (χ0) is 14.8. The van der Waals surface area contributed by atoms with Crippen LogP contribution in [-0.2, 0) is 11.2 Å². The van der Waals surface area contributed by atoms with E-state index in [0.717, 1.165) is 12.0 Å². The fourth-order valence-electron chi connectivity index (χ4n) is 2.17. The lowest BCUT2D eigenvalue weighted by atomic mass is 9.93. The minimum Gasteiger partial charge on any atom is -0.444 e. The van der Waals surface area contributed by atoms with Gasteiger partial charge in [-0.05, 0) is 50.8 Å². The molecule has 1 aromatic heterocycles. The van der Waals surface area contributed by atoms with Crippen molar-refractivity contribution < 1.29 is 9.53 Å². The van der Waals surface area contributed by atoms with Crippen LogP contribution in [0.4, 0.5) is 4.79 Å². The molecule has 1 aliphatic rings. The SMILES string of the molecule is CC(C)(C)OC(=O)N1CC(Cc2ccnc(C#N)c2)C1. The predicted octanol–water partition coefficient (Wildman–Crippen LogP) is 2.36. The van der Waals surface area contributed by atoms with Gasteiger partial charge in [0.05, 0.1) is 0 Å². The predicted molar refractivity (Wildman–Crippen MR) is 74.0 cm³/mol. The van der Waals surface area contributed by atoms with Gasteiger partial charge in [-0.25, -0.2) is 9.78 Å². The van der Waals surface area contributed by atoms with E-state index in [2.05, 4.69) is 4.98 Å². The largest absolute Gasteiger partial charge is 0.444 e. The summed E-state index contributed by atoms with van der Waals surface area (Å²) in [6.07, 6.45) is 2.26. The van der Waals surface area contributed by atoms with E-state index >= 15 is 0 Å². The molecule has 0 atom stereocenters. The van der Waals surface area contributed by atoms with Crippen LogP contribution >= 0.6 is 0 Å². The first-order valence-electron chi connectivity index (χ1n) is 6.70. The molecule has 0 aliphatic carbocycles. The minimum absolute atomic E-state index is 0.249. The molecule has 5 heteroatoms. The summed E-state index contributed by atoms with van der Waals surface area (Å²) < 4.78 is 5.31. The van der Waals surface area contributed by atoms with Crippen LogP contribution in [0.5, 0.6) is 0 Å². The fourth-order valence-corrected chi connectivity index (χ4v) is 2.17. The van der Waals surface area contributed by atoms with E-state index in [1.54, 1.807) is 17.2 Å². The maximum Gasteiger partial charge on any atom is 0.410 e. The van der Waals surface area contributed by atoms with E-state index in [9.17, 15) is 4.79 Å². The van der Waals surface area contributed by atoms with E-state index in [-0.39, 0.29) is 6.09 Å². The fraction of sp³-hybridized carbons (Fsp3) is 0.533. The Labute approximate surface area is 119 Å². The third kappa shape index (κ3) is 3.70. The maximum absolute atomic E-state index is 11.8. The summed E-state index contributed by atoms with van der Waals surface area (Å²) >= 11 is 0. The van der Waals surface area contributed by atoms with E-state index < -0.39 is 5.60 Å². The van der Waals surface area contributed by atoms with Crippen LogP contribution in [0, 0.1) is 17.2 Å².